The van der Waals surface area contributed by atoms with Crippen LogP contribution in [-0.2, 0) is 11.2 Å². The van der Waals surface area contributed by atoms with Crippen LogP contribution in [0, 0.1) is 0 Å². The minimum atomic E-state index is -0.424. The third-order valence-corrected chi connectivity index (χ3v) is 2.32. The van der Waals surface area contributed by atoms with Crippen LogP contribution in [0.2, 0.25) is 0 Å². The average Bonchev–Trinajstić information content (AvgIpc) is 2.29. The van der Waals surface area contributed by atoms with Crippen LogP contribution < -0.4 is 19.9 Å². The van der Waals surface area contributed by atoms with Crippen LogP contribution in [0.1, 0.15) is 19.4 Å². The molecule has 0 spiro atoms. The summed E-state index contributed by atoms with van der Waals surface area (Å²) in [6, 6.07) is 3.62. The van der Waals surface area contributed by atoms with Crippen molar-refractivity contribution in [3.8, 4) is 17.2 Å². The van der Waals surface area contributed by atoms with Gasteiger partial charge in [-0.05, 0) is 31.0 Å². The predicted molar refractivity (Wildman–Crippen MR) is 68.2 cm³/mol. The highest BCUT2D eigenvalue weighted by molar-refractivity contribution is 5.72. The zero-order valence-electron chi connectivity index (χ0n) is 11.1. The van der Waals surface area contributed by atoms with Crippen molar-refractivity contribution in [2.45, 2.75) is 26.3 Å². The second-order valence-corrected chi connectivity index (χ2v) is 4.10. The third-order valence-electron chi connectivity index (χ3n) is 2.32. The van der Waals surface area contributed by atoms with Crippen LogP contribution in [-0.4, -0.2) is 26.2 Å². The van der Waals surface area contributed by atoms with Gasteiger partial charge in [-0.25, -0.2) is 0 Å². The Bertz CT molecular complexity index is 404. The molecule has 0 aliphatic rings. The topological polar surface area (TPSA) is 70.8 Å². The van der Waals surface area contributed by atoms with Gasteiger partial charge in [0.25, 0.3) is 0 Å². The van der Waals surface area contributed by atoms with E-state index in [4.69, 9.17) is 19.9 Å². The Balaban J connectivity index is 3.20. The number of methoxy groups -OCH3 is 2. The Kier molecular flexibility index (Phi) is 4.97. The molecular weight excluding hydrogens is 234 g/mol. The summed E-state index contributed by atoms with van der Waals surface area (Å²) < 4.78 is 15.5. The maximum atomic E-state index is 11.1. The first-order valence-corrected chi connectivity index (χ1v) is 5.66. The smallest absolute Gasteiger partial charge is 0.308 e. The zero-order chi connectivity index (χ0) is 13.7. The first-order valence-electron chi connectivity index (χ1n) is 5.66. The van der Waals surface area contributed by atoms with Gasteiger partial charge in [-0.1, -0.05) is 0 Å². The van der Waals surface area contributed by atoms with Crippen molar-refractivity contribution in [1.82, 2.24) is 0 Å². The fraction of sp³-hybridized carbons (Fsp3) is 0.462. The molecule has 0 bridgehead atoms. The summed E-state index contributed by atoms with van der Waals surface area (Å²) in [7, 11) is 3.02. The lowest BCUT2D eigenvalue weighted by Crippen LogP contribution is -2.18. The summed E-state index contributed by atoms with van der Waals surface area (Å²) in [5, 5.41) is 0. The minimum Gasteiger partial charge on any atom is -0.493 e. The van der Waals surface area contributed by atoms with Crippen molar-refractivity contribution < 1.29 is 19.0 Å². The Morgan fingerprint density at radius 1 is 1.28 bits per heavy atom. The second-order valence-electron chi connectivity index (χ2n) is 4.10. The Morgan fingerprint density at radius 3 is 2.11 bits per heavy atom. The molecule has 0 radical (unpaired) electrons. The molecule has 0 amide bonds. The van der Waals surface area contributed by atoms with Crippen LogP contribution in [0.4, 0.5) is 0 Å². The summed E-state index contributed by atoms with van der Waals surface area (Å²) in [5.74, 6) is 0.785. The molecule has 1 atom stereocenters. The normalized spacial score (nSPS) is 11.8. The van der Waals surface area contributed by atoms with Crippen molar-refractivity contribution in [1.29, 1.82) is 0 Å². The van der Waals surface area contributed by atoms with Gasteiger partial charge in [-0.3, -0.25) is 4.79 Å². The van der Waals surface area contributed by atoms with Crippen molar-refractivity contribution >= 4 is 5.97 Å². The number of ether oxygens (including phenoxy) is 3. The van der Waals surface area contributed by atoms with Crippen molar-refractivity contribution in [3.05, 3.63) is 17.7 Å². The summed E-state index contributed by atoms with van der Waals surface area (Å²) in [6.45, 7) is 3.24. The molecular formula is C13H19NO4. The van der Waals surface area contributed by atoms with Crippen LogP contribution in [0.3, 0.4) is 0 Å². The Hall–Kier alpha value is -1.75. The first kappa shape index (κ1) is 14.3. The third kappa shape index (κ3) is 3.63. The first-order chi connectivity index (χ1) is 8.47. The quantitative estimate of drug-likeness (QED) is 0.636. The molecule has 100 valence electrons. The fourth-order valence-electron chi connectivity index (χ4n) is 1.67. The number of carbonyl (C=O) groups excluding carboxylic acids is 1. The van der Waals surface area contributed by atoms with Gasteiger partial charge in [0.15, 0.2) is 11.5 Å². The maximum Gasteiger partial charge on any atom is 0.308 e. The lowest BCUT2D eigenvalue weighted by atomic mass is 10.1. The molecule has 5 nitrogen and oxygen atoms in total. The number of rotatable bonds is 5. The number of esters is 1. The molecule has 2 N–H and O–H groups in total. The highest BCUT2D eigenvalue weighted by atomic mass is 16.6. The molecule has 0 fully saturated rings. The Morgan fingerprint density at radius 2 is 1.78 bits per heavy atom. The van der Waals surface area contributed by atoms with E-state index in [2.05, 4.69) is 0 Å². The molecule has 1 aromatic rings. The molecule has 18 heavy (non-hydrogen) atoms. The number of hydrogen-bond acceptors (Lipinski definition) is 5. The monoisotopic (exact) mass is 253 g/mol. The van der Waals surface area contributed by atoms with Gasteiger partial charge in [0.2, 0.25) is 5.75 Å². The lowest BCUT2D eigenvalue weighted by molar-refractivity contribution is -0.132. The molecule has 5 heteroatoms. The van der Waals surface area contributed by atoms with Crippen molar-refractivity contribution in [2.75, 3.05) is 14.2 Å². The van der Waals surface area contributed by atoms with Gasteiger partial charge in [0.05, 0.1) is 14.2 Å². The number of nitrogens with two attached hydrogens (primary N) is 1. The van der Waals surface area contributed by atoms with Crippen LogP contribution in [0.25, 0.3) is 0 Å². The molecule has 0 heterocycles. The fourth-order valence-corrected chi connectivity index (χ4v) is 1.67. The predicted octanol–water partition coefficient (Wildman–Crippen LogP) is 1.52. The number of benzene rings is 1. The van der Waals surface area contributed by atoms with Gasteiger partial charge < -0.3 is 19.9 Å². The van der Waals surface area contributed by atoms with Crippen LogP contribution >= 0.6 is 0 Å². The van der Waals surface area contributed by atoms with Gasteiger partial charge in [0.1, 0.15) is 0 Å². The van der Waals surface area contributed by atoms with E-state index in [1.807, 2.05) is 6.92 Å². The average molecular weight is 253 g/mol. The second kappa shape index (κ2) is 6.26. The summed E-state index contributed by atoms with van der Waals surface area (Å²) >= 11 is 0. The molecule has 1 aromatic carbocycles. The van der Waals surface area contributed by atoms with Crippen LogP contribution in [0.15, 0.2) is 12.1 Å². The Labute approximate surface area is 107 Å². The van der Waals surface area contributed by atoms with Crippen molar-refractivity contribution in [3.63, 3.8) is 0 Å². The van der Waals surface area contributed by atoms with E-state index in [-0.39, 0.29) is 6.04 Å². The van der Waals surface area contributed by atoms with E-state index in [0.717, 1.165) is 5.56 Å². The van der Waals surface area contributed by atoms with Gasteiger partial charge in [-0.2, -0.15) is 0 Å². The van der Waals surface area contributed by atoms with E-state index in [0.29, 0.717) is 23.7 Å². The summed E-state index contributed by atoms with van der Waals surface area (Å²) in [4.78, 5) is 11.1. The standard InChI is InChI=1S/C13H19NO4/c1-8(14)5-10-6-11(16-3)13(18-9(2)15)12(7-10)17-4/h6-8H,5,14H2,1-4H3. The van der Waals surface area contributed by atoms with E-state index in [9.17, 15) is 4.79 Å². The van der Waals surface area contributed by atoms with Gasteiger partial charge in [-0.15, -0.1) is 0 Å². The zero-order valence-corrected chi connectivity index (χ0v) is 11.1. The molecule has 0 aromatic heterocycles. The molecule has 1 rings (SSSR count). The highest BCUT2D eigenvalue weighted by Gasteiger charge is 2.16. The largest absolute Gasteiger partial charge is 0.493 e. The van der Waals surface area contributed by atoms with Crippen molar-refractivity contribution in [2.24, 2.45) is 5.73 Å². The minimum absolute atomic E-state index is 0.0268. The molecule has 0 aliphatic heterocycles. The SMILES string of the molecule is COc1cc(CC(C)N)cc(OC)c1OC(C)=O. The molecule has 0 saturated heterocycles. The molecule has 0 saturated carbocycles. The van der Waals surface area contributed by atoms with E-state index >= 15 is 0 Å². The highest BCUT2D eigenvalue weighted by Crippen LogP contribution is 2.38. The molecule has 1 unspecified atom stereocenters. The van der Waals surface area contributed by atoms with E-state index < -0.39 is 5.97 Å². The lowest BCUT2D eigenvalue weighted by Gasteiger charge is -2.15. The van der Waals surface area contributed by atoms with Gasteiger partial charge >= 0.3 is 5.97 Å². The maximum absolute atomic E-state index is 11.1. The molecule has 0 aliphatic carbocycles. The van der Waals surface area contributed by atoms with E-state index in [1.54, 1.807) is 12.1 Å². The van der Waals surface area contributed by atoms with E-state index in [1.165, 1.54) is 21.1 Å². The van der Waals surface area contributed by atoms with Crippen LogP contribution in [0.5, 0.6) is 17.2 Å². The number of carbonyl (C=O) groups is 1. The summed E-state index contributed by atoms with van der Waals surface area (Å²) in [5.41, 5.74) is 6.73. The summed E-state index contributed by atoms with van der Waals surface area (Å²) in [6.07, 6.45) is 0.688. The number of hydrogen-bond donors (Lipinski definition) is 1. The van der Waals surface area contributed by atoms with Gasteiger partial charge in [0, 0.05) is 13.0 Å².